The zero-order chi connectivity index (χ0) is 28.5. The summed E-state index contributed by atoms with van der Waals surface area (Å²) in [5.41, 5.74) is 6.51. The van der Waals surface area contributed by atoms with Crippen LogP contribution in [0, 0.1) is 0 Å². The minimum Gasteiger partial charge on any atom is -0.454 e. The summed E-state index contributed by atoms with van der Waals surface area (Å²) >= 11 is 0. The number of para-hydroxylation sites is 3. The van der Waals surface area contributed by atoms with Crippen LogP contribution >= 0.6 is 7.14 Å². The first-order valence-corrected chi connectivity index (χ1v) is 16.0. The lowest BCUT2D eigenvalue weighted by molar-refractivity contribution is 0.592. The first-order valence-electron chi connectivity index (χ1n) is 14.3. The molecule has 9 rings (SSSR count). The molecule has 0 saturated carbocycles. The molecule has 3 aromatic heterocycles. The Labute approximate surface area is 246 Å². The molecule has 6 aromatic carbocycles. The minimum atomic E-state index is -3.09. The molecule has 5 nitrogen and oxygen atoms in total. The third-order valence-electron chi connectivity index (χ3n) is 8.42. The Morgan fingerprint density at radius 1 is 0.558 bits per heavy atom. The number of nitrogens with zero attached hydrogens (tertiary/aromatic N) is 3. The van der Waals surface area contributed by atoms with Crippen LogP contribution in [0.25, 0.3) is 55.5 Å². The molecule has 0 unspecified atom stereocenters. The molecule has 0 amide bonds. The average Bonchev–Trinajstić information content (AvgIpc) is 3.74. The minimum absolute atomic E-state index is 0.786. The maximum atomic E-state index is 15.0. The lowest BCUT2D eigenvalue weighted by Crippen LogP contribution is -2.24. The number of fused-ring (bicyclic) bond motifs is 9. The van der Waals surface area contributed by atoms with Crippen LogP contribution in [0.2, 0.25) is 0 Å². The normalized spacial score (nSPS) is 12.3. The highest BCUT2D eigenvalue weighted by atomic mass is 31.2. The van der Waals surface area contributed by atoms with Gasteiger partial charge in [-0.2, -0.15) is 0 Å². The van der Waals surface area contributed by atoms with E-state index in [0.717, 1.165) is 71.4 Å². The standard InChI is InChI=1S/C37H24N3O2P/c41-43(26-11-3-1-4-12-26,27-13-5-2-6-14-27)28-21-19-25(20-22-28)39-33-24-23-30-29-15-7-10-18-34(29)42-36(30)35(33)40-32-17-9-8-16-31(32)38-37(39)40/h1-24H. The number of rotatable bonds is 4. The molecule has 0 radical (unpaired) electrons. The summed E-state index contributed by atoms with van der Waals surface area (Å²) in [4.78, 5) is 5.09. The molecule has 0 aliphatic rings. The van der Waals surface area contributed by atoms with E-state index in [4.69, 9.17) is 9.40 Å². The summed E-state index contributed by atoms with van der Waals surface area (Å²) in [7, 11) is -3.09. The van der Waals surface area contributed by atoms with Gasteiger partial charge in [-0.25, -0.2) is 4.98 Å². The molecule has 0 bridgehead atoms. The van der Waals surface area contributed by atoms with E-state index < -0.39 is 7.14 Å². The molecular formula is C37H24N3O2P. The Morgan fingerprint density at radius 3 is 1.93 bits per heavy atom. The van der Waals surface area contributed by atoms with E-state index in [2.05, 4.69) is 45.4 Å². The molecule has 0 aliphatic carbocycles. The van der Waals surface area contributed by atoms with Gasteiger partial charge in [-0.3, -0.25) is 8.97 Å². The van der Waals surface area contributed by atoms with E-state index >= 15 is 0 Å². The van der Waals surface area contributed by atoms with Gasteiger partial charge in [-0.1, -0.05) is 91.0 Å². The Bertz CT molecular complexity index is 2480. The quantitative estimate of drug-likeness (QED) is 0.201. The van der Waals surface area contributed by atoms with E-state index in [1.165, 1.54) is 0 Å². The second-order valence-corrected chi connectivity index (χ2v) is 13.5. The Morgan fingerprint density at radius 2 is 1.19 bits per heavy atom. The van der Waals surface area contributed by atoms with Crippen molar-refractivity contribution in [2.45, 2.75) is 0 Å². The fourth-order valence-corrected chi connectivity index (χ4v) is 9.09. The second kappa shape index (κ2) is 9.06. The molecule has 204 valence electrons. The van der Waals surface area contributed by atoms with Crippen LogP contribution in [0.1, 0.15) is 0 Å². The van der Waals surface area contributed by atoms with Crippen molar-refractivity contribution < 1.29 is 8.98 Å². The Kier molecular flexibility index (Phi) is 5.11. The Balaban J connectivity index is 1.31. The highest BCUT2D eigenvalue weighted by Crippen LogP contribution is 2.43. The maximum absolute atomic E-state index is 15.0. The van der Waals surface area contributed by atoms with Crippen LogP contribution in [-0.4, -0.2) is 14.0 Å². The van der Waals surface area contributed by atoms with Crippen molar-refractivity contribution in [3.63, 3.8) is 0 Å². The van der Waals surface area contributed by atoms with Gasteiger partial charge in [0.1, 0.15) is 11.1 Å². The first kappa shape index (κ1) is 24.2. The number of aromatic nitrogens is 3. The molecule has 0 spiro atoms. The fraction of sp³-hybridized carbons (Fsp3) is 0. The van der Waals surface area contributed by atoms with Crippen molar-refractivity contribution in [2.75, 3.05) is 0 Å². The molecule has 6 heteroatoms. The number of furan rings is 1. The van der Waals surface area contributed by atoms with E-state index in [9.17, 15) is 4.57 Å². The zero-order valence-electron chi connectivity index (χ0n) is 23.0. The smallest absolute Gasteiger partial charge is 0.220 e. The molecule has 9 aromatic rings. The summed E-state index contributed by atoms with van der Waals surface area (Å²) in [5, 5.41) is 4.58. The van der Waals surface area contributed by atoms with Gasteiger partial charge in [0, 0.05) is 32.4 Å². The van der Waals surface area contributed by atoms with E-state index in [-0.39, 0.29) is 0 Å². The van der Waals surface area contributed by atoms with Crippen molar-refractivity contribution in [1.82, 2.24) is 14.0 Å². The summed E-state index contributed by atoms with van der Waals surface area (Å²) in [6, 6.07) is 48.3. The number of imidazole rings is 2. The topological polar surface area (TPSA) is 52.4 Å². The van der Waals surface area contributed by atoms with Gasteiger partial charge in [0.15, 0.2) is 12.7 Å². The van der Waals surface area contributed by atoms with E-state index in [0.29, 0.717) is 0 Å². The number of hydrogen-bond donors (Lipinski definition) is 0. The number of benzene rings is 6. The van der Waals surface area contributed by atoms with Gasteiger partial charge in [-0.15, -0.1) is 0 Å². The van der Waals surface area contributed by atoms with Gasteiger partial charge in [-0.05, 0) is 54.6 Å². The van der Waals surface area contributed by atoms with Crippen LogP contribution in [0.15, 0.2) is 150 Å². The highest BCUT2D eigenvalue weighted by Gasteiger charge is 2.30. The van der Waals surface area contributed by atoms with Crippen molar-refractivity contribution in [3.8, 4) is 5.69 Å². The zero-order valence-corrected chi connectivity index (χ0v) is 23.9. The monoisotopic (exact) mass is 573 g/mol. The molecule has 0 saturated heterocycles. The van der Waals surface area contributed by atoms with Crippen molar-refractivity contribution in [2.24, 2.45) is 0 Å². The summed E-state index contributed by atoms with van der Waals surface area (Å²) in [5.74, 6) is 0.797. The summed E-state index contributed by atoms with van der Waals surface area (Å²) in [6.45, 7) is 0. The lowest BCUT2D eigenvalue weighted by atomic mass is 10.1. The lowest BCUT2D eigenvalue weighted by Gasteiger charge is -2.20. The van der Waals surface area contributed by atoms with Gasteiger partial charge in [0.2, 0.25) is 5.78 Å². The average molecular weight is 574 g/mol. The molecule has 3 heterocycles. The third-order valence-corrected chi connectivity index (χ3v) is 11.5. The third kappa shape index (κ3) is 3.40. The van der Waals surface area contributed by atoms with Gasteiger partial charge in [0.25, 0.3) is 0 Å². The van der Waals surface area contributed by atoms with Crippen LogP contribution in [0.5, 0.6) is 0 Å². The van der Waals surface area contributed by atoms with Crippen molar-refractivity contribution in [3.05, 3.63) is 146 Å². The first-order chi connectivity index (χ1) is 21.2. The van der Waals surface area contributed by atoms with Crippen LogP contribution in [0.4, 0.5) is 0 Å². The van der Waals surface area contributed by atoms with Gasteiger partial charge in [0.05, 0.1) is 16.6 Å². The van der Waals surface area contributed by atoms with Crippen LogP contribution in [-0.2, 0) is 4.57 Å². The molecule has 0 atom stereocenters. The van der Waals surface area contributed by atoms with E-state index in [1.807, 2.05) is 109 Å². The van der Waals surface area contributed by atoms with Crippen molar-refractivity contribution >= 4 is 72.8 Å². The van der Waals surface area contributed by atoms with E-state index in [1.54, 1.807) is 0 Å². The summed E-state index contributed by atoms with van der Waals surface area (Å²) in [6.07, 6.45) is 0. The largest absolute Gasteiger partial charge is 0.454 e. The predicted octanol–water partition coefficient (Wildman–Crippen LogP) is 7.97. The second-order valence-electron chi connectivity index (χ2n) is 10.8. The highest BCUT2D eigenvalue weighted by molar-refractivity contribution is 7.85. The van der Waals surface area contributed by atoms with Crippen molar-refractivity contribution in [1.29, 1.82) is 0 Å². The predicted molar refractivity (Wildman–Crippen MR) is 176 cm³/mol. The molecular weight excluding hydrogens is 549 g/mol. The fourth-order valence-electron chi connectivity index (χ4n) is 6.44. The van der Waals surface area contributed by atoms with Gasteiger partial charge >= 0.3 is 0 Å². The Hall–Kier alpha value is -5.38. The van der Waals surface area contributed by atoms with Crippen LogP contribution < -0.4 is 15.9 Å². The van der Waals surface area contributed by atoms with Gasteiger partial charge < -0.3 is 8.98 Å². The SMILES string of the molecule is O=P(c1ccccc1)(c1ccccc1)c1ccc(-n2c3ccc4c5ccccc5oc4c3n3c4ccccc4nc23)cc1. The summed E-state index contributed by atoms with van der Waals surface area (Å²) < 4.78 is 25.8. The molecule has 43 heavy (non-hydrogen) atoms. The molecule has 0 N–H and O–H groups in total. The molecule has 0 aliphatic heterocycles. The maximum Gasteiger partial charge on any atom is 0.220 e. The molecule has 0 fully saturated rings. The van der Waals surface area contributed by atoms with Crippen LogP contribution in [0.3, 0.4) is 0 Å². The number of hydrogen-bond acceptors (Lipinski definition) is 3.